The van der Waals surface area contributed by atoms with Crippen molar-refractivity contribution in [2.75, 3.05) is 20.0 Å². The number of anilines is 1. The summed E-state index contributed by atoms with van der Waals surface area (Å²) in [6, 6.07) is 4.75. The van der Waals surface area contributed by atoms with Crippen LogP contribution < -0.4 is 20.6 Å². The zero-order chi connectivity index (χ0) is 22.8. The summed E-state index contributed by atoms with van der Waals surface area (Å²) in [6.45, 7) is 2.91. The van der Waals surface area contributed by atoms with E-state index in [2.05, 4.69) is 30.3 Å². The molecule has 1 unspecified atom stereocenters. The van der Waals surface area contributed by atoms with Gasteiger partial charge < -0.3 is 20.3 Å². The first-order valence-corrected chi connectivity index (χ1v) is 10.3. The van der Waals surface area contributed by atoms with Crippen LogP contribution in [0.3, 0.4) is 0 Å². The van der Waals surface area contributed by atoms with Crippen LogP contribution in [-0.2, 0) is 6.54 Å². The smallest absolute Gasteiger partial charge is 0.225 e. The first-order valence-electron chi connectivity index (χ1n) is 10.3. The fourth-order valence-electron chi connectivity index (χ4n) is 3.89. The number of aromatic nitrogens is 3. The van der Waals surface area contributed by atoms with E-state index in [0.717, 1.165) is 17.5 Å². The van der Waals surface area contributed by atoms with Crippen LogP contribution in [0, 0.1) is 5.92 Å². The molecule has 1 aliphatic carbocycles. The number of nitrogens with two attached hydrogens (primary N) is 1. The van der Waals surface area contributed by atoms with Crippen LogP contribution in [0.1, 0.15) is 13.3 Å². The summed E-state index contributed by atoms with van der Waals surface area (Å²) < 4.78 is 14.5. The molecule has 3 N–H and O–H groups in total. The summed E-state index contributed by atoms with van der Waals surface area (Å²) in [5.74, 6) is 1.36. The molecule has 2 heterocycles. The Kier molecular flexibility index (Phi) is 5.77. The van der Waals surface area contributed by atoms with Gasteiger partial charge in [0.25, 0.3) is 0 Å². The van der Waals surface area contributed by atoms with Gasteiger partial charge in [0, 0.05) is 29.5 Å². The Bertz CT molecular complexity index is 1270. The number of hydrogen-bond acceptors (Lipinski definition) is 6. The van der Waals surface area contributed by atoms with Gasteiger partial charge in [0.1, 0.15) is 17.3 Å². The maximum absolute atomic E-state index is 11.7. The number of methoxy groups -OCH3 is 2. The van der Waals surface area contributed by atoms with Crippen LogP contribution in [0.4, 0.5) is 5.82 Å². The normalized spacial score (nSPS) is 15.5. The third-order valence-electron chi connectivity index (χ3n) is 5.49. The lowest BCUT2D eigenvalue weighted by Gasteiger charge is -2.18. The summed E-state index contributed by atoms with van der Waals surface area (Å²) in [5, 5.41) is 14.5. The number of rotatable bonds is 6. The van der Waals surface area contributed by atoms with E-state index in [9.17, 15) is 9.90 Å². The minimum Gasteiger partial charge on any atom is -0.503 e. The molecule has 1 atom stereocenters. The Hall–Kier alpha value is -3.94. The van der Waals surface area contributed by atoms with Crippen LogP contribution in [0.2, 0.25) is 0 Å². The maximum atomic E-state index is 11.7. The topological polar surface area (TPSA) is 105 Å². The van der Waals surface area contributed by atoms with Crippen molar-refractivity contribution in [1.29, 1.82) is 0 Å². The molecule has 8 nitrogen and oxygen atoms in total. The molecule has 0 saturated carbocycles. The second-order valence-electron chi connectivity index (χ2n) is 7.86. The van der Waals surface area contributed by atoms with Crippen molar-refractivity contribution < 1.29 is 14.6 Å². The predicted octanol–water partition coefficient (Wildman–Crippen LogP) is 3.53. The van der Waals surface area contributed by atoms with E-state index in [1.165, 1.54) is 29.5 Å². The van der Waals surface area contributed by atoms with Crippen LogP contribution in [0.25, 0.3) is 16.8 Å². The number of aromatic hydroxyl groups is 1. The van der Waals surface area contributed by atoms with E-state index in [1.807, 2.05) is 16.9 Å². The molecule has 0 saturated heterocycles. The number of pyridine rings is 1. The molecule has 0 amide bonds. The Morgan fingerprint density at radius 3 is 2.69 bits per heavy atom. The average molecular weight is 434 g/mol. The maximum Gasteiger partial charge on any atom is 0.225 e. The number of ether oxygens (including phenoxy) is 2. The van der Waals surface area contributed by atoms with E-state index in [-0.39, 0.29) is 5.82 Å². The van der Waals surface area contributed by atoms with E-state index >= 15 is 0 Å². The average Bonchev–Trinajstić information content (AvgIpc) is 3.23. The predicted molar refractivity (Wildman–Crippen MR) is 123 cm³/mol. The van der Waals surface area contributed by atoms with Gasteiger partial charge in [-0.2, -0.15) is 5.10 Å². The molecule has 0 aliphatic heterocycles. The van der Waals surface area contributed by atoms with Gasteiger partial charge in [0.15, 0.2) is 5.75 Å². The van der Waals surface area contributed by atoms with Gasteiger partial charge in [0.2, 0.25) is 5.43 Å². The first kappa shape index (κ1) is 21.3. The van der Waals surface area contributed by atoms with Crippen LogP contribution >= 0.6 is 0 Å². The lowest BCUT2D eigenvalue weighted by Crippen LogP contribution is -2.11. The highest BCUT2D eigenvalue weighted by Gasteiger charge is 2.18. The largest absolute Gasteiger partial charge is 0.503 e. The minimum absolute atomic E-state index is 0.171. The fourth-order valence-corrected chi connectivity index (χ4v) is 3.89. The number of nitrogens with zero attached hydrogens (tertiary/aromatic N) is 3. The van der Waals surface area contributed by atoms with Gasteiger partial charge in [-0.25, -0.2) is 0 Å². The van der Waals surface area contributed by atoms with Crippen molar-refractivity contribution in [3.8, 4) is 34.1 Å². The summed E-state index contributed by atoms with van der Waals surface area (Å²) in [5.41, 5.74) is 9.01. The lowest BCUT2D eigenvalue weighted by atomic mass is 9.96. The van der Waals surface area contributed by atoms with Gasteiger partial charge in [-0.15, -0.1) is 0 Å². The van der Waals surface area contributed by atoms with Crippen LogP contribution in [0.5, 0.6) is 17.2 Å². The monoisotopic (exact) mass is 434 g/mol. The molecule has 8 heteroatoms. The number of allylic oxidation sites excluding steroid dienone is 4. The van der Waals surface area contributed by atoms with Gasteiger partial charge >= 0.3 is 0 Å². The molecule has 0 radical (unpaired) electrons. The van der Waals surface area contributed by atoms with Crippen molar-refractivity contribution in [3.05, 3.63) is 70.8 Å². The second-order valence-corrected chi connectivity index (χ2v) is 7.86. The summed E-state index contributed by atoms with van der Waals surface area (Å²) in [4.78, 5) is 11.7. The van der Waals surface area contributed by atoms with Crippen molar-refractivity contribution in [1.82, 2.24) is 14.3 Å². The van der Waals surface area contributed by atoms with Crippen molar-refractivity contribution in [3.63, 3.8) is 0 Å². The zero-order valence-electron chi connectivity index (χ0n) is 18.3. The van der Waals surface area contributed by atoms with Crippen molar-refractivity contribution in [2.24, 2.45) is 5.92 Å². The molecule has 0 spiro atoms. The Balaban J connectivity index is 1.77. The molecule has 2 aromatic heterocycles. The number of hydrogen-bond donors (Lipinski definition) is 2. The summed E-state index contributed by atoms with van der Waals surface area (Å²) in [7, 11) is 3.12. The Morgan fingerprint density at radius 2 is 1.97 bits per heavy atom. The first-order chi connectivity index (χ1) is 15.4. The van der Waals surface area contributed by atoms with Gasteiger partial charge in [-0.1, -0.05) is 25.2 Å². The minimum atomic E-state index is -0.547. The zero-order valence-corrected chi connectivity index (χ0v) is 18.3. The molecule has 3 aromatic rings. The molecule has 0 fully saturated rings. The lowest BCUT2D eigenvalue weighted by molar-refractivity contribution is 0.394. The second kappa shape index (κ2) is 8.66. The molecular weight excluding hydrogens is 408 g/mol. The third kappa shape index (κ3) is 4.12. The molecule has 166 valence electrons. The number of benzene rings is 1. The molecule has 0 bridgehead atoms. The summed E-state index contributed by atoms with van der Waals surface area (Å²) >= 11 is 0. The SMILES string of the molecule is COc1cc(OC)c(-n2cc(O)c(=O)cc2N)cc1-c1cnn(CC2=CC=CC(C)C2)c1. The van der Waals surface area contributed by atoms with Gasteiger partial charge in [0.05, 0.1) is 38.8 Å². The molecule has 1 aliphatic rings. The van der Waals surface area contributed by atoms with Gasteiger partial charge in [-0.05, 0) is 24.0 Å². The van der Waals surface area contributed by atoms with E-state index in [0.29, 0.717) is 29.6 Å². The fraction of sp³-hybridized carbons (Fsp3) is 0.250. The standard InChI is InChI=1S/C24H26N4O4/c1-15-5-4-6-16(7-15)12-27-13-17(11-26-27)18-8-19(23(32-3)10-22(18)31-2)28-14-21(30)20(29)9-24(28)25/h4-6,8-11,13-15,30H,7,12,25H2,1-3H3. The summed E-state index contributed by atoms with van der Waals surface area (Å²) in [6.07, 6.45) is 12.5. The highest BCUT2D eigenvalue weighted by Crippen LogP contribution is 2.38. The van der Waals surface area contributed by atoms with Gasteiger partial charge in [-0.3, -0.25) is 14.0 Å². The Labute approximate surface area is 185 Å². The number of nitrogen functional groups attached to an aromatic ring is 1. The van der Waals surface area contributed by atoms with E-state index < -0.39 is 11.2 Å². The molecule has 1 aromatic carbocycles. The van der Waals surface area contributed by atoms with Crippen LogP contribution in [0.15, 0.2) is 65.4 Å². The molecular formula is C24H26N4O4. The highest BCUT2D eigenvalue weighted by atomic mass is 16.5. The van der Waals surface area contributed by atoms with Crippen molar-refractivity contribution >= 4 is 5.82 Å². The highest BCUT2D eigenvalue weighted by molar-refractivity contribution is 5.75. The third-order valence-corrected chi connectivity index (χ3v) is 5.49. The van der Waals surface area contributed by atoms with E-state index in [1.54, 1.807) is 19.4 Å². The van der Waals surface area contributed by atoms with E-state index in [4.69, 9.17) is 15.2 Å². The Morgan fingerprint density at radius 1 is 1.19 bits per heavy atom. The van der Waals surface area contributed by atoms with Crippen LogP contribution in [-0.4, -0.2) is 33.7 Å². The molecule has 4 rings (SSSR count). The van der Waals surface area contributed by atoms with Crippen molar-refractivity contribution in [2.45, 2.75) is 19.9 Å². The molecule has 32 heavy (non-hydrogen) atoms. The quantitative estimate of drug-likeness (QED) is 0.615.